The maximum atomic E-state index is 13.4. The molecule has 9 heteroatoms. The average Bonchev–Trinajstić information content (AvgIpc) is 3.02. The number of nitrogens with zero attached hydrogens (tertiary/aromatic N) is 3. The van der Waals surface area contributed by atoms with Crippen LogP contribution in [0.2, 0.25) is 0 Å². The highest BCUT2D eigenvalue weighted by Gasteiger charge is 2.40. The van der Waals surface area contributed by atoms with E-state index in [2.05, 4.69) is 0 Å². The molecule has 1 aromatic heterocycles. The molecule has 0 unspecified atom stereocenters. The summed E-state index contributed by atoms with van der Waals surface area (Å²) in [4.78, 5) is 30.9. The van der Waals surface area contributed by atoms with Crippen molar-refractivity contribution in [3.63, 3.8) is 0 Å². The zero-order valence-electron chi connectivity index (χ0n) is 18.6. The minimum atomic E-state index is -3.88. The first-order valence-electron chi connectivity index (χ1n) is 10.7. The van der Waals surface area contributed by atoms with E-state index in [-0.39, 0.29) is 28.3 Å². The molecule has 0 spiro atoms. The molecule has 1 amide bonds. The predicted octanol–water partition coefficient (Wildman–Crippen LogP) is 3.94. The number of carbonyl (C=O) groups excluding carboxylic acids is 1. The maximum absolute atomic E-state index is 13.4. The molecule has 0 fully saturated rings. The van der Waals surface area contributed by atoms with E-state index in [9.17, 15) is 18.0 Å². The fraction of sp³-hybridized carbons (Fsp3) is 0.160. The lowest BCUT2D eigenvalue weighted by Crippen LogP contribution is -2.32. The van der Waals surface area contributed by atoms with E-state index in [0.29, 0.717) is 21.7 Å². The Bertz CT molecular complexity index is 1630. The van der Waals surface area contributed by atoms with Gasteiger partial charge in [0.1, 0.15) is 4.90 Å². The van der Waals surface area contributed by atoms with Gasteiger partial charge in [-0.3, -0.25) is 14.2 Å². The van der Waals surface area contributed by atoms with Crippen molar-refractivity contribution < 1.29 is 13.2 Å². The Balaban J connectivity index is 1.50. The molecule has 0 bridgehead atoms. The highest BCUT2D eigenvalue weighted by molar-refractivity contribution is 7.99. The maximum Gasteiger partial charge on any atom is 0.269 e. The van der Waals surface area contributed by atoms with Gasteiger partial charge in [-0.25, -0.2) is 17.7 Å². The van der Waals surface area contributed by atoms with Crippen molar-refractivity contribution in [1.29, 1.82) is 0 Å². The van der Waals surface area contributed by atoms with Crippen LogP contribution < -0.4 is 5.56 Å². The molecule has 5 rings (SSSR count). The van der Waals surface area contributed by atoms with Crippen LogP contribution in [0.15, 0.2) is 81.6 Å². The number of para-hydroxylation sites is 1. The molecule has 0 atom stereocenters. The molecule has 0 saturated carbocycles. The normalized spacial score (nSPS) is 14.5. The van der Waals surface area contributed by atoms with Crippen LogP contribution in [0.25, 0.3) is 16.6 Å². The van der Waals surface area contributed by atoms with E-state index in [4.69, 9.17) is 4.98 Å². The second kappa shape index (κ2) is 8.41. The molecule has 1 aliphatic rings. The Labute approximate surface area is 201 Å². The number of hydrogen-bond donors (Lipinski definition) is 0. The van der Waals surface area contributed by atoms with E-state index in [1.54, 1.807) is 34.9 Å². The smallest absolute Gasteiger partial charge is 0.268 e. The number of aryl methyl sites for hydroxylation is 2. The summed E-state index contributed by atoms with van der Waals surface area (Å²) in [6.07, 6.45) is 0. The van der Waals surface area contributed by atoms with Crippen LogP contribution in [0.4, 0.5) is 0 Å². The number of carbonyl (C=O) groups is 1. The Morgan fingerprint density at radius 2 is 1.65 bits per heavy atom. The zero-order valence-corrected chi connectivity index (χ0v) is 20.2. The summed E-state index contributed by atoms with van der Waals surface area (Å²) in [6, 6.07) is 19.1. The molecular formula is C25H21N3O4S2. The molecule has 34 heavy (non-hydrogen) atoms. The molecule has 172 valence electrons. The van der Waals surface area contributed by atoms with E-state index in [1.807, 2.05) is 38.1 Å². The molecule has 0 saturated heterocycles. The van der Waals surface area contributed by atoms with Gasteiger partial charge in [-0.1, -0.05) is 42.1 Å². The van der Waals surface area contributed by atoms with E-state index < -0.39 is 15.9 Å². The third-order valence-corrected chi connectivity index (χ3v) is 8.69. The van der Waals surface area contributed by atoms with Crippen LogP contribution in [-0.4, -0.2) is 40.5 Å². The van der Waals surface area contributed by atoms with Gasteiger partial charge < -0.3 is 0 Å². The first-order chi connectivity index (χ1) is 16.3. The van der Waals surface area contributed by atoms with Crippen molar-refractivity contribution in [2.75, 3.05) is 12.3 Å². The van der Waals surface area contributed by atoms with Crippen LogP contribution in [-0.2, 0) is 10.0 Å². The fourth-order valence-electron chi connectivity index (χ4n) is 3.97. The number of hydrogen-bond acceptors (Lipinski definition) is 6. The number of amides is 1. The lowest BCUT2D eigenvalue weighted by Gasteiger charge is -2.17. The van der Waals surface area contributed by atoms with Crippen molar-refractivity contribution in [2.45, 2.75) is 23.9 Å². The Hall–Kier alpha value is -3.43. The largest absolute Gasteiger partial charge is 0.269 e. The Morgan fingerprint density at radius 3 is 2.41 bits per heavy atom. The first-order valence-corrected chi connectivity index (χ1v) is 13.1. The van der Waals surface area contributed by atoms with Gasteiger partial charge >= 0.3 is 0 Å². The quantitative estimate of drug-likeness (QED) is 0.310. The highest BCUT2D eigenvalue weighted by Crippen LogP contribution is 2.31. The van der Waals surface area contributed by atoms with E-state index in [1.165, 1.54) is 23.9 Å². The molecule has 0 N–H and O–H groups in total. The fourth-order valence-corrected chi connectivity index (χ4v) is 6.60. The number of benzene rings is 3. The molecule has 2 heterocycles. The number of rotatable bonds is 5. The summed E-state index contributed by atoms with van der Waals surface area (Å²) in [6.45, 7) is 3.95. The number of thioether (sulfide) groups is 1. The Morgan fingerprint density at radius 1 is 0.912 bits per heavy atom. The van der Waals surface area contributed by atoms with Gasteiger partial charge in [-0.05, 0) is 61.4 Å². The Kier molecular flexibility index (Phi) is 5.53. The monoisotopic (exact) mass is 491 g/mol. The van der Waals surface area contributed by atoms with Crippen molar-refractivity contribution in [1.82, 2.24) is 13.9 Å². The number of fused-ring (bicyclic) bond motifs is 2. The third kappa shape index (κ3) is 3.61. The topological polar surface area (TPSA) is 89.3 Å². The van der Waals surface area contributed by atoms with Gasteiger partial charge in [0.25, 0.3) is 21.5 Å². The predicted molar refractivity (Wildman–Crippen MR) is 132 cm³/mol. The minimum absolute atomic E-state index is 0.0286. The summed E-state index contributed by atoms with van der Waals surface area (Å²) in [7, 11) is -3.88. The third-order valence-electron chi connectivity index (χ3n) is 5.93. The van der Waals surface area contributed by atoms with Gasteiger partial charge in [-0.2, -0.15) is 0 Å². The molecule has 0 radical (unpaired) electrons. The minimum Gasteiger partial charge on any atom is -0.268 e. The molecule has 0 aliphatic carbocycles. The number of aromatic nitrogens is 2. The molecule has 4 aromatic rings. The van der Waals surface area contributed by atoms with Crippen molar-refractivity contribution >= 4 is 38.6 Å². The summed E-state index contributed by atoms with van der Waals surface area (Å²) in [5.41, 5.74) is 3.38. The molecule has 7 nitrogen and oxygen atoms in total. The summed E-state index contributed by atoms with van der Waals surface area (Å²) >= 11 is 1.24. The SMILES string of the molecule is Cc1ccc(-n2c(SCCN3C(=O)c4ccccc4S3(=O)=O)nc3ccccc3c2=O)cc1C. The second-order valence-corrected chi connectivity index (χ2v) is 10.9. The first kappa shape index (κ1) is 22.4. The van der Waals surface area contributed by atoms with Crippen molar-refractivity contribution in [3.8, 4) is 5.69 Å². The summed E-state index contributed by atoms with van der Waals surface area (Å²) in [5.74, 6) is -0.289. The van der Waals surface area contributed by atoms with Gasteiger partial charge in [0, 0.05) is 12.3 Å². The van der Waals surface area contributed by atoms with Crippen LogP contribution in [0.1, 0.15) is 21.5 Å². The summed E-state index contributed by atoms with van der Waals surface area (Å²) in [5, 5.41) is 0.936. The van der Waals surface area contributed by atoms with E-state index in [0.717, 1.165) is 15.4 Å². The molecule has 1 aliphatic heterocycles. The summed E-state index contributed by atoms with van der Waals surface area (Å²) < 4.78 is 28.1. The van der Waals surface area contributed by atoms with Gasteiger partial charge in [0.15, 0.2) is 5.16 Å². The van der Waals surface area contributed by atoms with Crippen LogP contribution in [0.3, 0.4) is 0 Å². The zero-order chi connectivity index (χ0) is 24.0. The highest BCUT2D eigenvalue weighted by atomic mass is 32.2. The second-order valence-electron chi connectivity index (χ2n) is 8.05. The molecular weight excluding hydrogens is 470 g/mol. The number of sulfonamides is 1. The van der Waals surface area contributed by atoms with Gasteiger partial charge in [0.2, 0.25) is 0 Å². The molecule has 3 aromatic carbocycles. The van der Waals surface area contributed by atoms with Gasteiger partial charge in [-0.15, -0.1) is 0 Å². The van der Waals surface area contributed by atoms with Crippen LogP contribution in [0, 0.1) is 13.8 Å². The van der Waals surface area contributed by atoms with Crippen LogP contribution >= 0.6 is 11.8 Å². The van der Waals surface area contributed by atoms with E-state index >= 15 is 0 Å². The van der Waals surface area contributed by atoms with Crippen molar-refractivity contribution in [3.05, 3.63) is 93.8 Å². The lowest BCUT2D eigenvalue weighted by molar-refractivity contribution is 0.0876. The lowest BCUT2D eigenvalue weighted by atomic mass is 10.1. The standard InChI is InChI=1S/C25H21N3O4S2/c1-16-11-12-18(15-17(16)2)28-24(30)19-7-3-5-9-21(19)26-25(28)33-14-13-27-23(29)20-8-4-6-10-22(20)34(27,31)32/h3-12,15H,13-14H2,1-2H3. The van der Waals surface area contributed by atoms with Gasteiger partial charge in [0.05, 0.1) is 22.2 Å². The van der Waals surface area contributed by atoms with Crippen molar-refractivity contribution in [2.24, 2.45) is 0 Å². The average molecular weight is 492 g/mol. The van der Waals surface area contributed by atoms with Crippen LogP contribution in [0.5, 0.6) is 0 Å².